The van der Waals surface area contributed by atoms with E-state index in [0.29, 0.717) is 0 Å². The Morgan fingerprint density at radius 2 is 1.61 bits per heavy atom. The Balaban J connectivity index is 1.86. The van der Waals surface area contributed by atoms with E-state index in [1.165, 1.54) is 42.5 Å². The van der Waals surface area contributed by atoms with Crippen LogP contribution in [0, 0.1) is 18.7 Å². The zero-order valence-corrected chi connectivity index (χ0v) is 18.4. The number of rotatable bonds is 7. The number of nitrogens with one attached hydrogen (secondary N) is 2. The van der Waals surface area contributed by atoms with E-state index in [9.17, 15) is 17.6 Å². The molecule has 3 aromatic rings. The number of para-hydroxylation sites is 1. The Kier molecular flexibility index (Phi) is 6.75. The molecule has 0 heterocycles. The summed E-state index contributed by atoms with van der Waals surface area (Å²) in [4.78, 5) is 12.8. The van der Waals surface area contributed by atoms with Crippen molar-refractivity contribution in [1.29, 1.82) is 0 Å². The molecule has 0 fully saturated rings. The highest BCUT2D eigenvalue weighted by atomic mass is 32.2. The average Bonchev–Trinajstić information content (AvgIpc) is 2.74. The highest BCUT2D eigenvalue weighted by molar-refractivity contribution is 7.92. The second-order valence-corrected chi connectivity index (χ2v) is 9.35. The number of amides is 1. The van der Waals surface area contributed by atoms with Gasteiger partial charge in [0.2, 0.25) is 0 Å². The second kappa shape index (κ2) is 9.31. The summed E-state index contributed by atoms with van der Waals surface area (Å²) in [5, 5.41) is 3.01. The number of carbonyl (C=O) groups excluding carboxylic acids is 1. The molecule has 2 N–H and O–H groups in total. The number of anilines is 1. The van der Waals surface area contributed by atoms with Gasteiger partial charge in [0.15, 0.2) is 0 Å². The zero-order chi connectivity index (χ0) is 22.6. The summed E-state index contributed by atoms with van der Waals surface area (Å²) in [5.41, 5.74) is 2.12. The van der Waals surface area contributed by atoms with Crippen molar-refractivity contribution < 1.29 is 17.6 Å². The largest absolute Gasteiger partial charge is 0.345 e. The van der Waals surface area contributed by atoms with Crippen molar-refractivity contribution in [3.63, 3.8) is 0 Å². The topological polar surface area (TPSA) is 75.3 Å². The Bertz CT molecular complexity index is 1190. The summed E-state index contributed by atoms with van der Waals surface area (Å²) in [6.07, 6.45) is 0. The van der Waals surface area contributed by atoms with Crippen molar-refractivity contribution in [3.8, 4) is 0 Å². The monoisotopic (exact) mass is 440 g/mol. The van der Waals surface area contributed by atoms with Gasteiger partial charge in [0.1, 0.15) is 5.82 Å². The first kappa shape index (κ1) is 22.5. The van der Waals surface area contributed by atoms with E-state index >= 15 is 0 Å². The van der Waals surface area contributed by atoms with Crippen LogP contribution >= 0.6 is 0 Å². The van der Waals surface area contributed by atoms with Crippen LogP contribution in [0.2, 0.25) is 0 Å². The van der Waals surface area contributed by atoms with Crippen LogP contribution < -0.4 is 10.0 Å². The minimum absolute atomic E-state index is 0.125. The van der Waals surface area contributed by atoms with E-state index in [1.807, 2.05) is 45.0 Å². The summed E-state index contributed by atoms with van der Waals surface area (Å²) < 4.78 is 41.5. The van der Waals surface area contributed by atoms with Crippen LogP contribution in [0.25, 0.3) is 0 Å². The second-order valence-electron chi connectivity index (χ2n) is 7.66. The zero-order valence-electron chi connectivity index (χ0n) is 17.6. The first-order valence-electron chi connectivity index (χ1n) is 9.93. The predicted molar refractivity (Wildman–Crippen MR) is 120 cm³/mol. The maximum atomic E-state index is 13.9. The molecule has 1 atom stereocenters. The third-order valence-electron chi connectivity index (χ3n) is 5.00. The fourth-order valence-corrected chi connectivity index (χ4v) is 4.43. The van der Waals surface area contributed by atoms with Gasteiger partial charge >= 0.3 is 0 Å². The molecule has 1 unspecified atom stereocenters. The van der Waals surface area contributed by atoms with Gasteiger partial charge in [-0.15, -0.1) is 0 Å². The molecular formula is C24H25FN2O3S. The summed E-state index contributed by atoms with van der Waals surface area (Å²) in [7, 11) is -4.07. The molecule has 0 saturated heterocycles. The molecule has 0 saturated carbocycles. The van der Waals surface area contributed by atoms with Crippen LogP contribution in [-0.2, 0) is 10.0 Å². The standard InChI is InChI=1S/C24H25FN2O3S/c1-16(2)23(20-12-5-4-9-17(20)3)26-24(28)18-10-8-11-19(15-18)31(29,30)27-22-14-7-6-13-21(22)25/h4-16,23,27H,1-3H3,(H,26,28). The van der Waals surface area contributed by atoms with Gasteiger partial charge in [-0.1, -0.05) is 56.3 Å². The van der Waals surface area contributed by atoms with Gasteiger partial charge in [-0.25, -0.2) is 12.8 Å². The molecule has 0 aliphatic rings. The summed E-state index contributed by atoms with van der Waals surface area (Å²) in [6.45, 7) is 6.01. The third kappa shape index (κ3) is 5.30. The Labute approximate surface area is 182 Å². The van der Waals surface area contributed by atoms with E-state index in [1.54, 1.807) is 6.07 Å². The van der Waals surface area contributed by atoms with Gasteiger partial charge < -0.3 is 5.32 Å². The predicted octanol–water partition coefficient (Wildman–Crippen LogP) is 5.06. The molecule has 5 nitrogen and oxygen atoms in total. The number of benzene rings is 3. The molecule has 7 heteroatoms. The minimum Gasteiger partial charge on any atom is -0.345 e. The highest BCUT2D eigenvalue weighted by Crippen LogP contribution is 2.25. The Morgan fingerprint density at radius 1 is 0.935 bits per heavy atom. The Hall–Kier alpha value is -3.19. The third-order valence-corrected chi connectivity index (χ3v) is 6.36. The lowest BCUT2D eigenvalue weighted by molar-refractivity contribution is 0.0925. The minimum atomic E-state index is -4.07. The number of hydrogen-bond donors (Lipinski definition) is 2. The summed E-state index contributed by atoms with van der Waals surface area (Å²) in [5.74, 6) is -0.942. The summed E-state index contributed by atoms with van der Waals surface area (Å²) >= 11 is 0. The van der Waals surface area contributed by atoms with E-state index in [4.69, 9.17) is 0 Å². The number of sulfonamides is 1. The number of carbonyl (C=O) groups is 1. The molecule has 0 radical (unpaired) electrons. The normalized spacial score (nSPS) is 12.4. The fraction of sp³-hybridized carbons (Fsp3) is 0.208. The number of aryl methyl sites for hydroxylation is 1. The van der Waals surface area contributed by atoms with E-state index in [0.717, 1.165) is 11.1 Å². The van der Waals surface area contributed by atoms with Gasteiger partial charge in [0, 0.05) is 5.56 Å². The first-order chi connectivity index (χ1) is 14.7. The van der Waals surface area contributed by atoms with Crippen molar-refractivity contribution in [1.82, 2.24) is 5.32 Å². The lowest BCUT2D eigenvalue weighted by Gasteiger charge is -2.24. The number of halogens is 1. The molecule has 0 bridgehead atoms. The first-order valence-corrected chi connectivity index (χ1v) is 11.4. The quantitative estimate of drug-likeness (QED) is 0.539. The van der Waals surface area contributed by atoms with Gasteiger partial charge in [0.25, 0.3) is 15.9 Å². The number of hydrogen-bond acceptors (Lipinski definition) is 3. The van der Waals surface area contributed by atoms with Crippen molar-refractivity contribution in [2.45, 2.75) is 31.7 Å². The van der Waals surface area contributed by atoms with Crippen molar-refractivity contribution in [2.24, 2.45) is 5.92 Å². The molecule has 0 aliphatic carbocycles. The van der Waals surface area contributed by atoms with E-state index < -0.39 is 15.8 Å². The van der Waals surface area contributed by atoms with Crippen LogP contribution in [0.1, 0.15) is 41.4 Å². The van der Waals surface area contributed by atoms with Crippen LogP contribution in [0.4, 0.5) is 10.1 Å². The molecule has 3 rings (SSSR count). The van der Waals surface area contributed by atoms with Crippen LogP contribution in [0.15, 0.2) is 77.7 Å². The molecule has 31 heavy (non-hydrogen) atoms. The van der Waals surface area contributed by atoms with Gasteiger partial charge in [0.05, 0.1) is 16.6 Å². The van der Waals surface area contributed by atoms with Gasteiger partial charge in [-0.2, -0.15) is 0 Å². The van der Waals surface area contributed by atoms with Crippen LogP contribution in [-0.4, -0.2) is 14.3 Å². The average molecular weight is 441 g/mol. The van der Waals surface area contributed by atoms with E-state index in [2.05, 4.69) is 10.0 Å². The van der Waals surface area contributed by atoms with Crippen molar-refractivity contribution in [3.05, 3.63) is 95.3 Å². The Morgan fingerprint density at radius 3 is 2.29 bits per heavy atom. The van der Waals surface area contributed by atoms with Crippen molar-refractivity contribution >= 4 is 21.6 Å². The lowest BCUT2D eigenvalue weighted by Crippen LogP contribution is -2.32. The molecule has 0 spiro atoms. The SMILES string of the molecule is Cc1ccccc1C(NC(=O)c1cccc(S(=O)(=O)Nc2ccccc2F)c1)C(C)C. The maximum absolute atomic E-state index is 13.9. The maximum Gasteiger partial charge on any atom is 0.262 e. The molecule has 162 valence electrons. The molecule has 1 amide bonds. The van der Waals surface area contributed by atoms with Gasteiger partial charge in [-0.05, 0) is 54.3 Å². The lowest BCUT2D eigenvalue weighted by atomic mass is 9.92. The smallest absolute Gasteiger partial charge is 0.262 e. The van der Waals surface area contributed by atoms with Crippen molar-refractivity contribution in [2.75, 3.05) is 4.72 Å². The highest BCUT2D eigenvalue weighted by Gasteiger charge is 2.22. The van der Waals surface area contributed by atoms with Crippen LogP contribution in [0.5, 0.6) is 0 Å². The molecule has 0 aromatic heterocycles. The van der Waals surface area contributed by atoms with Crippen LogP contribution in [0.3, 0.4) is 0 Å². The fourth-order valence-electron chi connectivity index (χ4n) is 3.32. The summed E-state index contributed by atoms with van der Waals surface area (Å²) in [6, 6.07) is 18.8. The molecule has 0 aliphatic heterocycles. The van der Waals surface area contributed by atoms with Gasteiger partial charge in [-0.3, -0.25) is 9.52 Å². The molecular weight excluding hydrogens is 415 g/mol. The molecule has 3 aromatic carbocycles. The van der Waals surface area contributed by atoms with E-state index in [-0.39, 0.29) is 34.0 Å².